The molecular formula is C15H21NO. The van der Waals surface area contributed by atoms with Crippen molar-refractivity contribution in [2.24, 2.45) is 5.73 Å². The van der Waals surface area contributed by atoms with Gasteiger partial charge >= 0.3 is 0 Å². The van der Waals surface area contributed by atoms with Gasteiger partial charge in [0.2, 0.25) is 0 Å². The van der Waals surface area contributed by atoms with Gasteiger partial charge in [-0.3, -0.25) is 0 Å². The van der Waals surface area contributed by atoms with Crippen LogP contribution in [0.25, 0.3) is 0 Å². The topological polar surface area (TPSA) is 35.2 Å². The van der Waals surface area contributed by atoms with Crippen molar-refractivity contribution in [2.45, 2.75) is 43.4 Å². The van der Waals surface area contributed by atoms with Crippen molar-refractivity contribution < 1.29 is 4.74 Å². The van der Waals surface area contributed by atoms with Gasteiger partial charge in [0.05, 0.1) is 7.11 Å². The number of hydrogen-bond donors (Lipinski definition) is 1. The van der Waals surface area contributed by atoms with Crippen LogP contribution in [-0.2, 0) is 5.41 Å². The molecule has 2 aliphatic carbocycles. The Bertz CT molecular complexity index is 421. The van der Waals surface area contributed by atoms with Crippen LogP contribution in [0.1, 0.15) is 49.1 Å². The quantitative estimate of drug-likeness (QED) is 0.849. The second kappa shape index (κ2) is 4.02. The van der Waals surface area contributed by atoms with Gasteiger partial charge in [-0.2, -0.15) is 0 Å². The second-order valence-electron chi connectivity index (χ2n) is 5.55. The summed E-state index contributed by atoms with van der Waals surface area (Å²) in [4.78, 5) is 0. The first kappa shape index (κ1) is 11.1. The van der Waals surface area contributed by atoms with Crippen LogP contribution >= 0.6 is 0 Å². The van der Waals surface area contributed by atoms with Crippen LogP contribution in [0.5, 0.6) is 5.75 Å². The fourth-order valence-corrected chi connectivity index (χ4v) is 4.03. The van der Waals surface area contributed by atoms with Crippen LogP contribution in [0, 0.1) is 0 Å². The first-order chi connectivity index (χ1) is 8.30. The molecule has 2 aliphatic rings. The lowest BCUT2D eigenvalue weighted by Gasteiger charge is -2.26. The minimum Gasteiger partial charge on any atom is -0.496 e. The summed E-state index contributed by atoms with van der Waals surface area (Å²) in [6.45, 7) is 0.766. The summed E-state index contributed by atoms with van der Waals surface area (Å²) in [5.41, 5.74) is 9.27. The molecule has 2 heteroatoms. The maximum absolute atomic E-state index is 5.95. The molecule has 0 bridgehead atoms. The molecular weight excluding hydrogens is 210 g/mol. The molecule has 1 atom stereocenters. The molecule has 1 aromatic carbocycles. The molecule has 0 aromatic heterocycles. The fourth-order valence-electron chi connectivity index (χ4n) is 4.03. The summed E-state index contributed by atoms with van der Waals surface area (Å²) in [6, 6.07) is 6.47. The van der Waals surface area contributed by atoms with Gasteiger partial charge in [0.1, 0.15) is 5.75 Å². The molecule has 0 radical (unpaired) electrons. The summed E-state index contributed by atoms with van der Waals surface area (Å²) in [7, 11) is 1.79. The largest absolute Gasteiger partial charge is 0.496 e. The standard InChI is InChI=1S/C15H21NO/c1-17-13-6-4-5-12-11(10-16)9-15(14(12)13)7-2-3-8-15/h4-6,11H,2-3,7-10,16H2,1H3. The number of nitrogens with two attached hydrogens (primary N) is 1. The number of fused-ring (bicyclic) bond motifs is 2. The Balaban J connectivity index is 2.15. The molecule has 0 amide bonds. The minimum absolute atomic E-state index is 0.381. The summed E-state index contributed by atoms with van der Waals surface area (Å²) >= 11 is 0. The first-order valence-electron chi connectivity index (χ1n) is 6.68. The number of hydrogen-bond acceptors (Lipinski definition) is 2. The monoisotopic (exact) mass is 231 g/mol. The van der Waals surface area contributed by atoms with Crippen molar-refractivity contribution in [1.29, 1.82) is 0 Å². The van der Waals surface area contributed by atoms with Gasteiger partial charge in [0.15, 0.2) is 0 Å². The molecule has 17 heavy (non-hydrogen) atoms. The molecule has 2 N–H and O–H groups in total. The molecule has 0 aliphatic heterocycles. The van der Waals surface area contributed by atoms with Crippen molar-refractivity contribution in [3.05, 3.63) is 29.3 Å². The zero-order valence-electron chi connectivity index (χ0n) is 10.5. The Morgan fingerprint density at radius 3 is 2.76 bits per heavy atom. The van der Waals surface area contributed by atoms with E-state index in [1.165, 1.54) is 43.2 Å². The van der Waals surface area contributed by atoms with E-state index in [1.807, 2.05) is 0 Å². The number of methoxy groups -OCH3 is 1. The maximum atomic E-state index is 5.95. The third kappa shape index (κ3) is 1.50. The van der Waals surface area contributed by atoms with Gasteiger partial charge < -0.3 is 10.5 Å². The van der Waals surface area contributed by atoms with E-state index < -0.39 is 0 Å². The molecule has 0 heterocycles. The van der Waals surface area contributed by atoms with Gasteiger partial charge in [-0.1, -0.05) is 25.0 Å². The van der Waals surface area contributed by atoms with Gasteiger partial charge in [0, 0.05) is 5.56 Å². The summed E-state index contributed by atoms with van der Waals surface area (Å²) < 4.78 is 5.60. The SMILES string of the molecule is COc1cccc2c1C1(CCCC1)CC2CN. The smallest absolute Gasteiger partial charge is 0.122 e. The van der Waals surface area contributed by atoms with Crippen LogP contribution < -0.4 is 10.5 Å². The van der Waals surface area contributed by atoms with E-state index in [2.05, 4.69) is 18.2 Å². The van der Waals surface area contributed by atoms with Gasteiger partial charge in [-0.25, -0.2) is 0 Å². The fraction of sp³-hybridized carbons (Fsp3) is 0.600. The van der Waals surface area contributed by atoms with E-state index in [-0.39, 0.29) is 0 Å². The van der Waals surface area contributed by atoms with Crippen molar-refractivity contribution in [1.82, 2.24) is 0 Å². The minimum atomic E-state index is 0.381. The highest BCUT2D eigenvalue weighted by Crippen LogP contribution is 2.57. The van der Waals surface area contributed by atoms with Crippen molar-refractivity contribution in [3.8, 4) is 5.75 Å². The summed E-state index contributed by atoms with van der Waals surface area (Å²) in [5.74, 6) is 1.62. The average Bonchev–Trinajstić information content (AvgIpc) is 2.96. The molecule has 1 aromatic rings. The average molecular weight is 231 g/mol. The van der Waals surface area contributed by atoms with Crippen LogP contribution in [0.15, 0.2) is 18.2 Å². The molecule has 1 spiro atoms. The molecule has 2 nitrogen and oxygen atoms in total. The third-order valence-corrected chi connectivity index (χ3v) is 4.73. The van der Waals surface area contributed by atoms with Gasteiger partial charge in [-0.15, -0.1) is 0 Å². The van der Waals surface area contributed by atoms with E-state index in [9.17, 15) is 0 Å². The predicted octanol–water partition coefficient (Wildman–Crippen LogP) is 2.95. The number of rotatable bonds is 2. The Hall–Kier alpha value is -1.02. The number of ether oxygens (including phenoxy) is 1. The lowest BCUT2D eigenvalue weighted by molar-refractivity contribution is 0.369. The van der Waals surface area contributed by atoms with E-state index in [0.29, 0.717) is 11.3 Å². The summed E-state index contributed by atoms with van der Waals surface area (Å²) in [6.07, 6.45) is 6.58. The molecule has 1 fully saturated rings. The van der Waals surface area contributed by atoms with Crippen LogP contribution in [0.2, 0.25) is 0 Å². The van der Waals surface area contributed by atoms with Crippen LogP contribution in [0.3, 0.4) is 0 Å². The number of benzene rings is 1. The Kier molecular flexibility index (Phi) is 2.62. The maximum Gasteiger partial charge on any atom is 0.122 e. The van der Waals surface area contributed by atoms with Crippen molar-refractivity contribution in [2.75, 3.05) is 13.7 Å². The highest BCUT2D eigenvalue weighted by molar-refractivity contribution is 5.52. The van der Waals surface area contributed by atoms with Crippen molar-refractivity contribution in [3.63, 3.8) is 0 Å². The Morgan fingerprint density at radius 2 is 2.12 bits per heavy atom. The zero-order chi connectivity index (χ0) is 11.9. The molecule has 0 saturated heterocycles. The lowest BCUT2D eigenvalue weighted by Crippen LogP contribution is -2.20. The van der Waals surface area contributed by atoms with Crippen LogP contribution in [0.4, 0.5) is 0 Å². The normalized spacial score (nSPS) is 25.2. The highest BCUT2D eigenvalue weighted by Gasteiger charge is 2.46. The summed E-state index contributed by atoms with van der Waals surface area (Å²) in [5, 5.41) is 0. The Morgan fingerprint density at radius 1 is 1.35 bits per heavy atom. The third-order valence-electron chi connectivity index (χ3n) is 4.73. The van der Waals surface area contributed by atoms with E-state index in [4.69, 9.17) is 10.5 Å². The molecule has 1 unspecified atom stereocenters. The molecule has 92 valence electrons. The Labute approximate surface area is 103 Å². The zero-order valence-corrected chi connectivity index (χ0v) is 10.5. The first-order valence-corrected chi connectivity index (χ1v) is 6.68. The van der Waals surface area contributed by atoms with E-state index in [1.54, 1.807) is 7.11 Å². The van der Waals surface area contributed by atoms with E-state index >= 15 is 0 Å². The van der Waals surface area contributed by atoms with Crippen molar-refractivity contribution >= 4 is 0 Å². The lowest BCUT2D eigenvalue weighted by atomic mass is 9.79. The van der Waals surface area contributed by atoms with Gasteiger partial charge in [-0.05, 0) is 48.8 Å². The van der Waals surface area contributed by atoms with Gasteiger partial charge in [0.25, 0.3) is 0 Å². The van der Waals surface area contributed by atoms with E-state index in [0.717, 1.165) is 12.3 Å². The van der Waals surface area contributed by atoms with Crippen LogP contribution in [-0.4, -0.2) is 13.7 Å². The molecule has 1 saturated carbocycles. The second-order valence-corrected chi connectivity index (χ2v) is 5.55. The molecule has 3 rings (SSSR count). The predicted molar refractivity (Wildman–Crippen MR) is 69.6 cm³/mol. The highest BCUT2D eigenvalue weighted by atomic mass is 16.5.